The van der Waals surface area contributed by atoms with Crippen LogP contribution in [0.1, 0.15) is 49.7 Å². The summed E-state index contributed by atoms with van der Waals surface area (Å²) in [6.07, 6.45) is 3.05. The first kappa shape index (κ1) is 18.3. The van der Waals surface area contributed by atoms with Gasteiger partial charge in [0.15, 0.2) is 22.4 Å². The van der Waals surface area contributed by atoms with E-state index in [2.05, 4.69) is 22.2 Å². The Labute approximate surface area is 171 Å². The van der Waals surface area contributed by atoms with Crippen LogP contribution in [0.25, 0.3) is 0 Å². The minimum atomic E-state index is -0.468. The van der Waals surface area contributed by atoms with Gasteiger partial charge in [0, 0.05) is 29.4 Å². The van der Waals surface area contributed by atoms with Gasteiger partial charge in [-0.1, -0.05) is 24.8 Å². The van der Waals surface area contributed by atoms with Crippen molar-refractivity contribution in [2.75, 3.05) is 17.9 Å². The molecular weight excluding hydrogens is 390 g/mol. The number of nitrogens with one attached hydrogen (secondary N) is 2. The average molecular weight is 411 g/mol. The monoisotopic (exact) mass is 411 g/mol. The first-order chi connectivity index (χ1) is 14.2. The van der Waals surface area contributed by atoms with Crippen LogP contribution in [-0.2, 0) is 4.79 Å². The topological polar surface area (TPSA) is 93.3 Å². The lowest BCUT2D eigenvalue weighted by Gasteiger charge is -2.32. The maximum atomic E-state index is 13.1. The van der Waals surface area contributed by atoms with E-state index < -0.39 is 5.92 Å². The number of nitrogens with zero attached hydrogens (tertiary/aromatic N) is 1. The van der Waals surface area contributed by atoms with E-state index in [1.807, 2.05) is 18.2 Å². The second kappa shape index (κ2) is 7.26. The molecule has 1 atom stereocenters. The molecule has 8 heteroatoms. The van der Waals surface area contributed by atoms with Gasteiger partial charge in [-0.15, -0.1) is 0 Å². The third kappa shape index (κ3) is 3.11. The van der Waals surface area contributed by atoms with E-state index in [-0.39, 0.29) is 18.1 Å². The zero-order chi connectivity index (χ0) is 20.0. The van der Waals surface area contributed by atoms with E-state index in [4.69, 9.17) is 9.47 Å². The van der Waals surface area contributed by atoms with Crippen molar-refractivity contribution >= 4 is 23.4 Å². The fraction of sp³-hybridized carbons (Fsp3) is 0.381. The summed E-state index contributed by atoms with van der Waals surface area (Å²) in [4.78, 5) is 33.6. The number of hydrogen-bond acceptors (Lipinski definition) is 7. The number of benzene rings is 1. The second-order valence-electron chi connectivity index (χ2n) is 7.32. The summed E-state index contributed by atoms with van der Waals surface area (Å²) in [6.45, 7) is 2.26. The number of aromatic amines is 1. The Morgan fingerprint density at radius 3 is 2.93 bits per heavy atom. The SMILES string of the molecule is CCCSc1nc2c(c(=O)[nH]1)C(c1ccc3c(c1)OCO3)C1=C(CCCC1=O)N2. The Balaban J connectivity index is 1.68. The highest BCUT2D eigenvalue weighted by atomic mass is 32.2. The van der Waals surface area contributed by atoms with Gasteiger partial charge >= 0.3 is 0 Å². The minimum Gasteiger partial charge on any atom is -0.454 e. The van der Waals surface area contributed by atoms with Gasteiger partial charge in [-0.2, -0.15) is 0 Å². The number of anilines is 1. The lowest BCUT2D eigenvalue weighted by atomic mass is 9.76. The molecule has 0 saturated heterocycles. The first-order valence-corrected chi connectivity index (χ1v) is 10.8. The third-order valence-corrected chi connectivity index (χ3v) is 6.49. The van der Waals surface area contributed by atoms with Gasteiger partial charge in [-0.05, 0) is 37.0 Å². The van der Waals surface area contributed by atoms with E-state index in [1.54, 1.807) is 0 Å². The van der Waals surface area contributed by atoms with Crippen molar-refractivity contribution in [2.45, 2.75) is 43.7 Å². The summed E-state index contributed by atoms with van der Waals surface area (Å²) in [5.74, 6) is 2.34. The molecule has 2 aliphatic heterocycles. The number of fused-ring (bicyclic) bond motifs is 2. The molecule has 0 amide bonds. The van der Waals surface area contributed by atoms with Gasteiger partial charge in [0.25, 0.3) is 5.56 Å². The highest BCUT2D eigenvalue weighted by Crippen LogP contribution is 2.45. The van der Waals surface area contributed by atoms with E-state index in [9.17, 15) is 9.59 Å². The van der Waals surface area contributed by atoms with Crippen LogP contribution >= 0.6 is 11.8 Å². The van der Waals surface area contributed by atoms with E-state index in [0.717, 1.165) is 36.3 Å². The maximum absolute atomic E-state index is 13.1. The van der Waals surface area contributed by atoms with Crippen molar-refractivity contribution in [1.82, 2.24) is 9.97 Å². The maximum Gasteiger partial charge on any atom is 0.257 e. The van der Waals surface area contributed by atoms with Crippen LogP contribution in [0.4, 0.5) is 5.82 Å². The molecule has 7 nitrogen and oxygen atoms in total. The molecule has 2 N–H and O–H groups in total. The molecule has 5 rings (SSSR count). The number of rotatable bonds is 4. The average Bonchev–Trinajstić information content (AvgIpc) is 3.19. The molecule has 0 bridgehead atoms. The summed E-state index contributed by atoms with van der Waals surface area (Å²) >= 11 is 1.52. The van der Waals surface area contributed by atoms with Crippen molar-refractivity contribution < 1.29 is 14.3 Å². The molecule has 2 aromatic rings. The van der Waals surface area contributed by atoms with Gasteiger partial charge in [-0.3, -0.25) is 9.59 Å². The fourth-order valence-corrected chi connectivity index (χ4v) is 4.85. The zero-order valence-electron chi connectivity index (χ0n) is 16.0. The summed E-state index contributed by atoms with van der Waals surface area (Å²) in [5.41, 5.74) is 2.65. The first-order valence-electron chi connectivity index (χ1n) is 9.85. The number of carbonyl (C=O) groups is 1. The molecule has 3 aliphatic rings. The Morgan fingerprint density at radius 1 is 1.21 bits per heavy atom. The van der Waals surface area contributed by atoms with Crippen LogP contribution in [0.3, 0.4) is 0 Å². The molecule has 1 unspecified atom stereocenters. The summed E-state index contributed by atoms with van der Waals surface area (Å²) in [5, 5.41) is 3.89. The van der Waals surface area contributed by atoms with Crippen LogP contribution in [0.5, 0.6) is 11.5 Å². The standard InChI is InChI=1S/C21H21N3O4S/c1-2-8-29-21-23-19-18(20(26)24-21)16(17-12(22-19)4-3-5-13(17)25)11-6-7-14-15(9-11)28-10-27-14/h6-7,9,16H,2-5,8,10H2,1H3,(H2,22,23,24,26). The highest BCUT2D eigenvalue weighted by molar-refractivity contribution is 7.99. The number of Topliss-reactive ketones (excluding diaryl/α,β-unsaturated/α-hetero) is 1. The normalized spacial score (nSPS) is 19.6. The van der Waals surface area contributed by atoms with Gasteiger partial charge in [-0.25, -0.2) is 4.98 Å². The highest BCUT2D eigenvalue weighted by Gasteiger charge is 2.38. The Bertz CT molecular complexity index is 1090. The molecule has 3 heterocycles. The van der Waals surface area contributed by atoms with Crippen LogP contribution in [-0.4, -0.2) is 28.3 Å². The molecule has 0 spiro atoms. The van der Waals surface area contributed by atoms with Crippen molar-refractivity contribution in [2.24, 2.45) is 0 Å². The number of H-pyrrole nitrogens is 1. The number of hydrogen-bond donors (Lipinski definition) is 2. The number of carbonyl (C=O) groups excluding carboxylic acids is 1. The minimum absolute atomic E-state index is 0.0795. The molecule has 0 radical (unpaired) electrons. The second-order valence-corrected chi connectivity index (χ2v) is 8.41. The molecule has 1 aromatic heterocycles. The smallest absolute Gasteiger partial charge is 0.257 e. The van der Waals surface area contributed by atoms with E-state index >= 15 is 0 Å². The summed E-state index contributed by atoms with van der Waals surface area (Å²) in [6, 6.07) is 5.60. The van der Waals surface area contributed by atoms with E-state index in [1.165, 1.54) is 11.8 Å². The molecule has 1 aromatic carbocycles. The Morgan fingerprint density at radius 2 is 2.07 bits per heavy atom. The quantitative estimate of drug-likeness (QED) is 0.587. The molecule has 1 aliphatic carbocycles. The van der Waals surface area contributed by atoms with Crippen molar-refractivity contribution in [1.29, 1.82) is 0 Å². The van der Waals surface area contributed by atoms with Gasteiger partial charge in [0.2, 0.25) is 6.79 Å². The van der Waals surface area contributed by atoms with Gasteiger partial charge < -0.3 is 19.8 Å². The van der Waals surface area contributed by atoms with E-state index in [0.29, 0.717) is 40.0 Å². The summed E-state index contributed by atoms with van der Waals surface area (Å²) in [7, 11) is 0. The van der Waals surface area contributed by atoms with Crippen LogP contribution in [0, 0.1) is 0 Å². The van der Waals surface area contributed by atoms with Crippen molar-refractivity contribution in [3.8, 4) is 11.5 Å². The lowest BCUT2D eigenvalue weighted by Crippen LogP contribution is -2.32. The Kier molecular flexibility index (Phi) is 4.58. The van der Waals surface area contributed by atoms with Gasteiger partial charge in [0.05, 0.1) is 5.56 Å². The van der Waals surface area contributed by atoms with Crippen molar-refractivity contribution in [3.05, 3.63) is 50.9 Å². The molecule has 150 valence electrons. The predicted molar refractivity (Wildman–Crippen MR) is 110 cm³/mol. The number of ketones is 1. The zero-order valence-corrected chi connectivity index (χ0v) is 16.9. The Hall–Kier alpha value is -2.74. The largest absolute Gasteiger partial charge is 0.454 e. The predicted octanol–water partition coefficient (Wildman–Crippen LogP) is 3.57. The third-order valence-electron chi connectivity index (χ3n) is 5.41. The molecule has 0 fully saturated rings. The number of ether oxygens (including phenoxy) is 2. The van der Waals surface area contributed by atoms with Crippen LogP contribution < -0.4 is 20.3 Å². The van der Waals surface area contributed by atoms with Crippen LogP contribution in [0.15, 0.2) is 39.4 Å². The molecular formula is C21H21N3O4S. The molecule has 29 heavy (non-hydrogen) atoms. The lowest BCUT2D eigenvalue weighted by molar-refractivity contribution is -0.116. The number of allylic oxidation sites excluding steroid dienone is 2. The van der Waals surface area contributed by atoms with Crippen molar-refractivity contribution in [3.63, 3.8) is 0 Å². The molecule has 0 saturated carbocycles. The fourth-order valence-electron chi connectivity index (χ4n) is 4.13. The number of aromatic nitrogens is 2. The number of thioether (sulfide) groups is 1. The van der Waals surface area contributed by atoms with Gasteiger partial charge in [0.1, 0.15) is 5.82 Å². The summed E-state index contributed by atoms with van der Waals surface area (Å²) < 4.78 is 10.9. The van der Waals surface area contributed by atoms with Crippen LogP contribution in [0.2, 0.25) is 0 Å².